The highest BCUT2D eigenvalue weighted by atomic mass is 16.2. The van der Waals surface area contributed by atoms with E-state index in [0.29, 0.717) is 25.2 Å². The smallest absolute Gasteiger partial charge is 0.246 e. The Labute approximate surface area is 171 Å². The van der Waals surface area contributed by atoms with Crippen LogP contribution in [-0.2, 0) is 22.4 Å². The Morgan fingerprint density at radius 1 is 1.24 bits per heavy atom. The number of carbonyl (C=O) groups is 2. The fourth-order valence-electron chi connectivity index (χ4n) is 3.76. The summed E-state index contributed by atoms with van der Waals surface area (Å²) < 4.78 is 0. The molecule has 2 aliphatic heterocycles. The highest BCUT2D eigenvalue weighted by Gasteiger charge is 2.17. The molecule has 3 heterocycles. The van der Waals surface area contributed by atoms with Gasteiger partial charge >= 0.3 is 0 Å². The van der Waals surface area contributed by atoms with Crippen LogP contribution in [0.2, 0.25) is 0 Å². The van der Waals surface area contributed by atoms with Crippen molar-refractivity contribution in [1.82, 2.24) is 9.88 Å². The van der Waals surface area contributed by atoms with Gasteiger partial charge in [0.2, 0.25) is 11.8 Å². The van der Waals surface area contributed by atoms with Gasteiger partial charge in [0, 0.05) is 31.8 Å². The Bertz CT molecular complexity index is 1010. The number of pyridine rings is 1. The van der Waals surface area contributed by atoms with Crippen molar-refractivity contribution in [2.45, 2.75) is 32.6 Å². The molecule has 0 atom stereocenters. The van der Waals surface area contributed by atoms with E-state index in [1.807, 2.05) is 11.0 Å². The molecule has 5 heteroatoms. The number of amides is 2. The molecule has 0 fully saturated rings. The van der Waals surface area contributed by atoms with E-state index >= 15 is 0 Å². The van der Waals surface area contributed by atoms with Crippen LogP contribution >= 0.6 is 0 Å². The summed E-state index contributed by atoms with van der Waals surface area (Å²) in [6, 6.07) is 10.4. The summed E-state index contributed by atoms with van der Waals surface area (Å²) in [5.74, 6) is 0.651. The fraction of sp³-hybridized carbons (Fsp3) is 0.292. The Kier molecular flexibility index (Phi) is 5.56. The van der Waals surface area contributed by atoms with Crippen molar-refractivity contribution in [2.75, 3.05) is 18.4 Å². The zero-order chi connectivity index (χ0) is 20.2. The van der Waals surface area contributed by atoms with E-state index in [9.17, 15) is 9.59 Å². The third-order valence-corrected chi connectivity index (χ3v) is 5.58. The second-order valence-electron chi connectivity index (χ2n) is 7.66. The number of aryl methyl sites for hydroxylation is 2. The van der Waals surface area contributed by atoms with Crippen LogP contribution in [0.15, 0.2) is 54.3 Å². The summed E-state index contributed by atoms with van der Waals surface area (Å²) >= 11 is 0. The molecule has 0 radical (unpaired) electrons. The SMILES string of the molecule is Cc1ccccc1CC1=CCN(C(=O)/C=C/c2cnc3c(c2)CCC(=O)N3)CC1. The van der Waals surface area contributed by atoms with E-state index in [4.69, 9.17) is 0 Å². The van der Waals surface area contributed by atoms with E-state index in [0.717, 1.165) is 30.5 Å². The van der Waals surface area contributed by atoms with Crippen LogP contribution in [0.25, 0.3) is 6.08 Å². The van der Waals surface area contributed by atoms with Gasteiger partial charge in [0.05, 0.1) is 0 Å². The number of anilines is 1. The molecule has 2 aliphatic rings. The summed E-state index contributed by atoms with van der Waals surface area (Å²) in [6.45, 7) is 3.54. The summed E-state index contributed by atoms with van der Waals surface area (Å²) in [5.41, 5.74) is 5.96. The molecule has 5 nitrogen and oxygen atoms in total. The Hall–Kier alpha value is -3.21. The first kappa shape index (κ1) is 19.1. The number of rotatable bonds is 4. The molecule has 29 heavy (non-hydrogen) atoms. The molecule has 0 saturated heterocycles. The first-order chi connectivity index (χ1) is 14.1. The van der Waals surface area contributed by atoms with Crippen molar-refractivity contribution in [1.29, 1.82) is 0 Å². The molecule has 148 valence electrons. The van der Waals surface area contributed by atoms with Crippen molar-refractivity contribution >= 4 is 23.7 Å². The molecule has 4 rings (SSSR count). The molecule has 0 aliphatic carbocycles. The molecular weight excluding hydrogens is 362 g/mol. The Morgan fingerprint density at radius 2 is 2.10 bits per heavy atom. The van der Waals surface area contributed by atoms with Gasteiger partial charge in [0.1, 0.15) is 5.82 Å². The molecule has 0 spiro atoms. The normalized spacial score (nSPS) is 16.4. The first-order valence-corrected chi connectivity index (χ1v) is 10.1. The number of carbonyl (C=O) groups excluding carboxylic acids is 2. The van der Waals surface area contributed by atoms with Gasteiger partial charge in [0.25, 0.3) is 0 Å². The van der Waals surface area contributed by atoms with Crippen molar-refractivity contribution in [2.24, 2.45) is 0 Å². The maximum Gasteiger partial charge on any atom is 0.246 e. The van der Waals surface area contributed by atoms with E-state index in [2.05, 4.69) is 47.6 Å². The van der Waals surface area contributed by atoms with Crippen LogP contribution in [0.5, 0.6) is 0 Å². The lowest BCUT2D eigenvalue weighted by Gasteiger charge is -2.26. The molecule has 2 amide bonds. The van der Waals surface area contributed by atoms with Gasteiger partial charge < -0.3 is 10.2 Å². The van der Waals surface area contributed by atoms with Crippen LogP contribution in [0, 0.1) is 6.92 Å². The average molecular weight is 387 g/mol. The molecule has 0 saturated carbocycles. The van der Waals surface area contributed by atoms with Crippen LogP contribution in [0.4, 0.5) is 5.82 Å². The highest BCUT2D eigenvalue weighted by Crippen LogP contribution is 2.22. The minimum atomic E-state index is 0.00316. The maximum absolute atomic E-state index is 12.6. The quantitative estimate of drug-likeness (QED) is 0.643. The van der Waals surface area contributed by atoms with Gasteiger partial charge in [-0.25, -0.2) is 4.98 Å². The predicted octanol–water partition coefficient (Wildman–Crippen LogP) is 3.69. The topological polar surface area (TPSA) is 62.3 Å². The summed E-state index contributed by atoms with van der Waals surface area (Å²) in [5, 5.41) is 2.77. The standard InChI is InChI=1S/C24H25N3O2/c1-17-4-2-3-5-20(17)14-18-10-12-27(13-11-18)23(29)9-6-19-15-21-7-8-22(28)26-24(21)25-16-19/h2-6,9-10,15-16H,7-8,11-14H2,1H3,(H,25,26,28)/b9-6+. The summed E-state index contributed by atoms with van der Waals surface area (Å²) in [6.07, 6.45) is 10.3. The lowest BCUT2D eigenvalue weighted by Crippen LogP contribution is -2.33. The second-order valence-corrected chi connectivity index (χ2v) is 7.66. The molecular formula is C24H25N3O2. The van der Waals surface area contributed by atoms with Crippen molar-refractivity contribution in [3.63, 3.8) is 0 Å². The van der Waals surface area contributed by atoms with Gasteiger partial charge in [-0.2, -0.15) is 0 Å². The van der Waals surface area contributed by atoms with Crippen molar-refractivity contribution < 1.29 is 9.59 Å². The van der Waals surface area contributed by atoms with Crippen LogP contribution in [-0.4, -0.2) is 34.8 Å². The highest BCUT2D eigenvalue weighted by molar-refractivity contribution is 5.94. The van der Waals surface area contributed by atoms with Gasteiger partial charge in [-0.3, -0.25) is 9.59 Å². The fourth-order valence-corrected chi connectivity index (χ4v) is 3.76. The molecule has 0 unspecified atom stereocenters. The van der Waals surface area contributed by atoms with Gasteiger partial charge in [-0.1, -0.05) is 35.9 Å². The number of nitrogens with one attached hydrogen (secondary N) is 1. The summed E-state index contributed by atoms with van der Waals surface area (Å²) in [7, 11) is 0. The zero-order valence-corrected chi connectivity index (χ0v) is 16.6. The predicted molar refractivity (Wildman–Crippen MR) is 114 cm³/mol. The molecule has 2 aromatic rings. The van der Waals surface area contributed by atoms with E-state index < -0.39 is 0 Å². The average Bonchev–Trinajstić information content (AvgIpc) is 2.74. The number of hydrogen-bond donors (Lipinski definition) is 1. The van der Waals surface area contributed by atoms with Gasteiger partial charge in [-0.15, -0.1) is 0 Å². The minimum Gasteiger partial charge on any atom is -0.335 e. The number of hydrogen-bond acceptors (Lipinski definition) is 3. The third kappa shape index (κ3) is 4.62. The van der Waals surface area contributed by atoms with Crippen LogP contribution < -0.4 is 5.32 Å². The lowest BCUT2D eigenvalue weighted by atomic mass is 9.96. The number of fused-ring (bicyclic) bond motifs is 1. The third-order valence-electron chi connectivity index (χ3n) is 5.58. The maximum atomic E-state index is 12.6. The van der Waals surface area contributed by atoms with Crippen molar-refractivity contribution in [3.8, 4) is 0 Å². The zero-order valence-electron chi connectivity index (χ0n) is 16.6. The lowest BCUT2D eigenvalue weighted by molar-refractivity contribution is -0.125. The Morgan fingerprint density at radius 3 is 2.90 bits per heavy atom. The number of aromatic nitrogens is 1. The van der Waals surface area contributed by atoms with Crippen LogP contribution in [0.3, 0.4) is 0 Å². The van der Waals surface area contributed by atoms with Gasteiger partial charge in [-0.05, 0) is 60.6 Å². The molecule has 1 aromatic carbocycles. The van der Waals surface area contributed by atoms with E-state index in [-0.39, 0.29) is 11.8 Å². The largest absolute Gasteiger partial charge is 0.335 e. The summed E-state index contributed by atoms with van der Waals surface area (Å²) in [4.78, 5) is 30.1. The monoisotopic (exact) mass is 387 g/mol. The molecule has 1 N–H and O–H groups in total. The molecule has 1 aromatic heterocycles. The second kappa shape index (κ2) is 8.43. The minimum absolute atomic E-state index is 0.00316. The molecule has 0 bridgehead atoms. The van der Waals surface area contributed by atoms with Crippen molar-refractivity contribution in [3.05, 3.63) is 76.5 Å². The number of benzene rings is 1. The van der Waals surface area contributed by atoms with Crippen LogP contribution in [0.1, 0.15) is 35.1 Å². The Balaban J connectivity index is 1.35. The number of nitrogens with zero attached hydrogens (tertiary/aromatic N) is 2. The van der Waals surface area contributed by atoms with E-state index in [1.54, 1.807) is 18.3 Å². The first-order valence-electron chi connectivity index (χ1n) is 10.1. The van der Waals surface area contributed by atoms with Gasteiger partial charge in [0.15, 0.2) is 0 Å². The van der Waals surface area contributed by atoms with E-state index in [1.165, 1.54) is 16.7 Å².